The normalized spacial score (nSPS) is 13.6. The summed E-state index contributed by atoms with van der Waals surface area (Å²) in [6, 6.07) is 0.179. The minimum absolute atomic E-state index is 0.0725. The molecule has 20 heavy (non-hydrogen) atoms. The molecule has 0 aliphatic heterocycles. The number of halogens is 1. The first kappa shape index (κ1) is 17.0. The molecule has 1 aromatic heterocycles. The van der Waals surface area contributed by atoms with Gasteiger partial charge >= 0.3 is 0 Å². The van der Waals surface area contributed by atoms with Gasteiger partial charge in [0.15, 0.2) is 0 Å². The second-order valence-electron chi connectivity index (χ2n) is 6.44. The maximum Gasteiger partial charge on any atom is 0.287 e. The Morgan fingerprint density at radius 1 is 1.45 bits per heavy atom. The van der Waals surface area contributed by atoms with Gasteiger partial charge in [-0.25, -0.2) is 4.68 Å². The minimum atomic E-state index is -0.250. The van der Waals surface area contributed by atoms with Crippen LogP contribution in [0, 0.1) is 5.41 Å². The zero-order chi connectivity index (χ0) is 15.5. The molecule has 6 heteroatoms. The van der Waals surface area contributed by atoms with E-state index in [9.17, 15) is 4.79 Å². The monoisotopic (exact) mass is 300 g/mol. The highest BCUT2D eigenvalue weighted by Crippen LogP contribution is 2.24. The molecule has 114 valence electrons. The molecule has 0 aliphatic rings. The van der Waals surface area contributed by atoms with Gasteiger partial charge in [0.25, 0.3) is 5.56 Å². The quantitative estimate of drug-likeness (QED) is 0.906. The molecule has 0 saturated carbocycles. The van der Waals surface area contributed by atoms with Gasteiger partial charge in [-0.1, -0.05) is 32.4 Å². The van der Waals surface area contributed by atoms with Crippen LogP contribution in [0.15, 0.2) is 11.0 Å². The van der Waals surface area contributed by atoms with Crippen LogP contribution in [0.4, 0.5) is 5.69 Å². The lowest BCUT2D eigenvalue weighted by Crippen LogP contribution is -2.33. The maximum absolute atomic E-state index is 12.1. The zero-order valence-corrected chi connectivity index (χ0v) is 14.0. The summed E-state index contributed by atoms with van der Waals surface area (Å²) in [5, 5.41) is 7.65. The fraction of sp³-hybridized carbons (Fsp3) is 0.714. The van der Waals surface area contributed by atoms with Gasteiger partial charge in [-0.3, -0.25) is 4.79 Å². The van der Waals surface area contributed by atoms with Crippen LogP contribution in [-0.2, 0) is 6.54 Å². The molecule has 5 nitrogen and oxygen atoms in total. The second kappa shape index (κ2) is 6.59. The number of anilines is 1. The molecule has 1 N–H and O–H groups in total. The van der Waals surface area contributed by atoms with E-state index in [4.69, 9.17) is 11.6 Å². The Kier molecular flexibility index (Phi) is 5.59. The smallest absolute Gasteiger partial charge is 0.287 e. The average molecular weight is 301 g/mol. The van der Waals surface area contributed by atoms with Crippen LogP contribution >= 0.6 is 11.6 Å². The van der Waals surface area contributed by atoms with Gasteiger partial charge in [0.2, 0.25) is 0 Å². The lowest BCUT2D eigenvalue weighted by molar-refractivity contribution is 0.358. The predicted molar refractivity (Wildman–Crippen MR) is 84.6 cm³/mol. The summed E-state index contributed by atoms with van der Waals surface area (Å²) in [6.45, 7) is 9.72. The standard InChI is InChI=1S/C14H25ClN4O/c1-10(14(2,3)4)17-11-9-16-19(8-7-18(5)6)13(20)12(11)15/h9-10,17H,7-8H2,1-6H3. The summed E-state index contributed by atoms with van der Waals surface area (Å²) in [5.74, 6) is 0. The first-order chi connectivity index (χ1) is 9.12. The second-order valence-corrected chi connectivity index (χ2v) is 6.81. The topological polar surface area (TPSA) is 50.2 Å². The first-order valence-electron chi connectivity index (χ1n) is 6.80. The van der Waals surface area contributed by atoms with Gasteiger partial charge in [-0.15, -0.1) is 0 Å². The molecular weight excluding hydrogens is 276 g/mol. The van der Waals surface area contributed by atoms with Gasteiger partial charge < -0.3 is 10.2 Å². The zero-order valence-electron chi connectivity index (χ0n) is 13.2. The largest absolute Gasteiger partial charge is 0.379 e. The van der Waals surface area contributed by atoms with E-state index in [1.165, 1.54) is 4.68 Å². The molecule has 0 aliphatic carbocycles. The van der Waals surface area contributed by atoms with Crippen molar-refractivity contribution in [3.05, 3.63) is 21.6 Å². The minimum Gasteiger partial charge on any atom is -0.379 e. The van der Waals surface area contributed by atoms with Crippen LogP contribution < -0.4 is 10.9 Å². The number of nitrogens with zero attached hydrogens (tertiary/aromatic N) is 3. The van der Waals surface area contributed by atoms with E-state index in [-0.39, 0.29) is 22.0 Å². The summed E-state index contributed by atoms with van der Waals surface area (Å²) in [6.07, 6.45) is 1.63. The van der Waals surface area contributed by atoms with Crippen molar-refractivity contribution in [1.82, 2.24) is 14.7 Å². The fourth-order valence-corrected chi connectivity index (χ4v) is 1.67. The number of nitrogens with one attached hydrogen (secondary N) is 1. The molecule has 1 rings (SSSR count). The van der Waals surface area contributed by atoms with Crippen LogP contribution in [0.25, 0.3) is 0 Å². The van der Waals surface area contributed by atoms with Crippen molar-refractivity contribution in [1.29, 1.82) is 0 Å². The summed E-state index contributed by atoms with van der Waals surface area (Å²) in [4.78, 5) is 14.1. The van der Waals surface area contributed by atoms with Gasteiger partial charge in [0.05, 0.1) is 18.4 Å². The Bertz CT molecular complexity index is 505. The summed E-state index contributed by atoms with van der Waals surface area (Å²) < 4.78 is 1.40. The number of hydrogen-bond donors (Lipinski definition) is 1. The summed E-state index contributed by atoms with van der Waals surface area (Å²) in [5.41, 5.74) is 0.420. The molecular formula is C14H25ClN4O. The average Bonchev–Trinajstić information content (AvgIpc) is 2.32. The lowest BCUT2D eigenvalue weighted by Gasteiger charge is -2.29. The van der Waals surface area contributed by atoms with E-state index < -0.39 is 0 Å². The lowest BCUT2D eigenvalue weighted by atomic mass is 9.88. The Labute approximate surface area is 125 Å². The number of rotatable bonds is 5. The molecule has 1 heterocycles. The van der Waals surface area contributed by atoms with Crippen LogP contribution in [-0.4, -0.2) is 41.4 Å². The Morgan fingerprint density at radius 3 is 2.55 bits per heavy atom. The molecule has 0 spiro atoms. The Hall–Kier alpha value is -1.07. The molecule has 0 fully saturated rings. The summed E-state index contributed by atoms with van der Waals surface area (Å²) >= 11 is 6.16. The van der Waals surface area contributed by atoms with E-state index in [1.807, 2.05) is 19.0 Å². The van der Waals surface area contributed by atoms with E-state index in [2.05, 4.69) is 38.1 Å². The third kappa shape index (κ3) is 4.49. The van der Waals surface area contributed by atoms with Crippen LogP contribution in [0.2, 0.25) is 5.02 Å². The molecule has 1 atom stereocenters. The van der Waals surface area contributed by atoms with Crippen molar-refractivity contribution in [2.75, 3.05) is 26.0 Å². The number of aromatic nitrogens is 2. The molecule has 0 bridgehead atoms. The highest BCUT2D eigenvalue weighted by atomic mass is 35.5. The van der Waals surface area contributed by atoms with E-state index in [0.717, 1.165) is 6.54 Å². The van der Waals surface area contributed by atoms with Crippen molar-refractivity contribution in [3.63, 3.8) is 0 Å². The van der Waals surface area contributed by atoms with E-state index >= 15 is 0 Å². The molecule has 0 radical (unpaired) electrons. The Balaban J connectivity index is 2.92. The van der Waals surface area contributed by atoms with Crippen molar-refractivity contribution in [3.8, 4) is 0 Å². The van der Waals surface area contributed by atoms with Crippen LogP contribution in [0.5, 0.6) is 0 Å². The Morgan fingerprint density at radius 2 is 2.05 bits per heavy atom. The van der Waals surface area contributed by atoms with Crippen molar-refractivity contribution in [2.45, 2.75) is 40.3 Å². The summed E-state index contributed by atoms with van der Waals surface area (Å²) in [7, 11) is 3.90. The molecule has 0 saturated heterocycles. The molecule has 0 aromatic carbocycles. The van der Waals surface area contributed by atoms with Gasteiger partial charge in [0, 0.05) is 12.6 Å². The van der Waals surface area contributed by atoms with Crippen molar-refractivity contribution < 1.29 is 0 Å². The SMILES string of the molecule is CC(Nc1cnn(CCN(C)C)c(=O)c1Cl)C(C)(C)C. The van der Waals surface area contributed by atoms with Gasteiger partial charge in [0.1, 0.15) is 5.02 Å². The van der Waals surface area contributed by atoms with Crippen LogP contribution in [0.1, 0.15) is 27.7 Å². The molecule has 1 unspecified atom stereocenters. The van der Waals surface area contributed by atoms with Gasteiger partial charge in [-0.2, -0.15) is 5.10 Å². The number of likely N-dealkylation sites (N-methyl/N-ethyl adjacent to an activating group) is 1. The maximum atomic E-state index is 12.1. The van der Waals surface area contributed by atoms with E-state index in [0.29, 0.717) is 12.2 Å². The molecule has 0 amide bonds. The highest BCUT2D eigenvalue weighted by molar-refractivity contribution is 6.32. The fourth-order valence-electron chi connectivity index (χ4n) is 1.47. The first-order valence-corrected chi connectivity index (χ1v) is 7.17. The number of hydrogen-bond acceptors (Lipinski definition) is 4. The van der Waals surface area contributed by atoms with Crippen molar-refractivity contribution >= 4 is 17.3 Å². The third-order valence-electron chi connectivity index (χ3n) is 3.41. The van der Waals surface area contributed by atoms with Crippen LogP contribution in [0.3, 0.4) is 0 Å². The van der Waals surface area contributed by atoms with E-state index in [1.54, 1.807) is 6.20 Å². The predicted octanol–water partition coefficient (Wildman–Crippen LogP) is 2.30. The third-order valence-corrected chi connectivity index (χ3v) is 3.78. The van der Waals surface area contributed by atoms with Crippen molar-refractivity contribution in [2.24, 2.45) is 5.41 Å². The highest BCUT2D eigenvalue weighted by Gasteiger charge is 2.21. The molecule has 1 aromatic rings. The van der Waals surface area contributed by atoms with Gasteiger partial charge in [-0.05, 0) is 26.4 Å².